The van der Waals surface area contributed by atoms with Crippen LogP contribution in [-0.4, -0.2) is 30.8 Å². The molecule has 0 fully saturated rings. The maximum Gasteiger partial charge on any atom is 0.257 e. The molecule has 106 valence electrons. The first-order valence-corrected chi connectivity index (χ1v) is 6.71. The lowest BCUT2D eigenvalue weighted by molar-refractivity contribution is -0.123. The van der Waals surface area contributed by atoms with Gasteiger partial charge in [0.2, 0.25) is 0 Å². The minimum absolute atomic E-state index is 0.0391. The van der Waals surface area contributed by atoms with Crippen molar-refractivity contribution in [3.8, 4) is 5.75 Å². The summed E-state index contributed by atoms with van der Waals surface area (Å²) in [5.74, 6) is 1.15. The van der Waals surface area contributed by atoms with Gasteiger partial charge in [0.25, 0.3) is 5.91 Å². The fraction of sp³-hybridized carbons (Fsp3) is 0.533. The van der Waals surface area contributed by atoms with E-state index in [0.717, 1.165) is 12.0 Å². The summed E-state index contributed by atoms with van der Waals surface area (Å²) in [7, 11) is 0. The largest absolute Gasteiger partial charge is 0.484 e. The topological polar surface area (TPSA) is 58.6 Å². The van der Waals surface area contributed by atoms with Crippen LogP contribution in [0.1, 0.15) is 25.8 Å². The highest BCUT2D eigenvalue weighted by molar-refractivity contribution is 5.77. The Bertz CT molecular complexity index is 373. The minimum atomic E-state index is -0.0971. The maximum absolute atomic E-state index is 11.5. The molecule has 0 aromatic heterocycles. The summed E-state index contributed by atoms with van der Waals surface area (Å²) in [5, 5.41) is 11.6. The molecule has 19 heavy (non-hydrogen) atoms. The average Bonchev–Trinajstić information content (AvgIpc) is 2.38. The lowest BCUT2D eigenvalue weighted by Gasteiger charge is -2.09. The van der Waals surface area contributed by atoms with Gasteiger partial charge in [0.1, 0.15) is 5.75 Å². The number of rotatable bonds is 8. The van der Waals surface area contributed by atoms with Gasteiger partial charge in [0.15, 0.2) is 6.61 Å². The lowest BCUT2D eigenvalue weighted by atomic mass is 10.1. The van der Waals surface area contributed by atoms with Gasteiger partial charge in [-0.05, 0) is 36.5 Å². The molecule has 4 nitrogen and oxygen atoms in total. The van der Waals surface area contributed by atoms with Crippen molar-refractivity contribution < 1.29 is 14.6 Å². The number of aliphatic hydroxyl groups is 1. The summed E-state index contributed by atoms with van der Waals surface area (Å²) in [6, 6.07) is 7.41. The van der Waals surface area contributed by atoms with Crippen LogP contribution in [0.4, 0.5) is 0 Å². The average molecular weight is 265 g/mol. The van der Waals surface area contributed by atoms with E-state index in [2.05, 4.69) is 19.2 Å². The summed E-state index contributed by atoms with van der Waals surface area (Å²) < 4.78 is 5.38. The molecule has 1 amide bonds. The smallest absolute Gasteiger partial charge is 0.257 e. The highest BCUT2D eigenvalue weighted by atomic mass is 16.5. The predicted molar refractivity (Wildman–Crippen MR) is 75.2 cm³/mol. The van der Waals surface area contributed by atoms with Crippen molar-refractivity contribution in [2.75, 3.05) is 19.8 Å². The molecule has 1 aromatic carbocycles. The summed E-state index contributed by atoms with van der Waals surface area (Å²) in [6.45, 7) is 5.11. The Kier molecular flexibility index (Phi) is 6.97. The zero-order chi connectivity index (χ0) is 14.1. The molecule has 0 heterocycles. The van der Waals surface area contributed by atoms with Crippen molar-refractivity contribution in [2.45, 2.75) is 26.7 Å². The van der Waals surface area contributed by atoms with Crippen LogP contribution in [0.5, 0.6) is 5.75 Å². The Morgan fingerprint density at radius 3 is 2.58 bits per heavy atom. The molecular weight excluding hydrogens is 242 g/mol. The molecule has 0 bridgehead atoms. The minimum Gasteiger partial charge on any atom is -0.484 e. The Balaban J connectivity index is 2.25. The highest BCUT2D eigenvalue weighted by Gasteiger charge is 2.03. The van der Waals surface area contributed by atoms with Gasteiger partial charge < -0.3 is 15.2 Å². The third kappa shape index (κ3) is 6.82. The number of hydrogen-bond donors (Lipinski definition) is 2. The van der Waals surface area contributed by atoms with Crippen molar-refractivity contribution in [3.63, 3.8) is 0 Å². The lowest BCUT2D eigenvalue weighted by Crippen LogP contribution is -2.30. The number of ether oxygens (including phenoxy) is 1. The molecule has 0 spiro atoms. The number of amides is 1. The fourth-order valence-electron chi connectivity index (χ4n) is 1.58. The highest BCUT2D eigenvalue weighted by Crippen LogP contribution is 2.12. The molecule has 0 saturated heterocycles. The molecule has 0 radical (unpaired) electrons. The molecule has 2 N–H and O–H groups in total. The van der Waals surface area contributed by atoms with E-state index in [1.54, 1.807) is 0 Å². The fourth-order valence-corrected chi connectivity index (χ4v) is 1.58. The van der Waals surface area contributed by atoms with Crippen molar-refractivity contribution in [2.24, 2.45) is 5.92 Å². The van der Waals surface area contributed by atoms with Gasteiger partial charge in [0.05, 0.1) is 0 Å². The number of benzene rings is 1. The van der Waals surface area contributed by atoms with Crippen molar-refractivity contribution in [3.05, 3.63) is 29.8 Å². The van der Waals surface area contributed by atoms with E-state index < -0.39 is 0 Å². The molecule has 0 aliphatic heterocycles. The van der Waals surface area contributed by atoms with E-state index in [9.17, 15) is 4.79 Å². The second kappa shape index (κ2) is 8.53. The van der Waals surface area contributed by atoms with Gasteiger partial charge in [-0.1, -0.05) is 26.0 Å². The Morgan fingerprint density at radius 2 is 2.00 bits per heavy atom. The van der Waals surface area contributed by atoms with Crippen molar-refractivity contribution in [1.82, 2.24) is 5.32 Å². The monoisotopic (exact) mass is 265 g/mol. The standard InChI is InChI=1S/C15H23NO3/c1-12(2)7-9-16-15(18)11-19-14-5-3-13(4-6-14)8-10-17/h3-6,12,17H,7-11H2,1-2H3,(H,16,18). The second-order valence-corrected chi connectivity index (χ2v) is 4.94. The normalized spacial score (nSPS) is 10.5. The second-order valence-electron chi connectivity index (χ2n) is 4.94. The number of nitrogens with one attached hydrogen (secondary N) is 1. The van der Waals surface area contributed by atoms with Crippen LogP contribution in [0.3, 0.4) is 0 Å². The molecule has 0 aliphatic rings. The molecule has 1 aromatic rings. The van der Waals surface area contributed by atoms with E-state index >= 15 is 0 Å². The van der Waals surface area contributed by atoms with E-state index in [1.807, 2.05) is 24.3 Å². The Labute approximate surface area is 114 Å². The van der Waals surface area contributed by atoms with Gasteiger partial charge in [-0.2, -0.15) is 0 Å². The summed E-state index contributed by atoms with van der Waals surface area (Å²) in [4.78, 5) is 11.5. The van der Waals surface area contributed by atoms with Crippen LogP contribution in [-0.2, 0) is 11.2 Å². The summed E-state index contributed by atoms with van der Waals surface area (Å²) in [5.41, 5.74) is 1.05. The number of carbonyl (C=O) groups excluding carboxylic acids is 1. The summed E-state index contributed by atoms with van der Waals surface area (Å²) in [6.07, 6.45) is 1.61. The van der Waals surface area contributed by atoms with Gasteiger partial charge in [-0.15, -0.1) is 0 Å². The molecule has 0 aliphatic carbocycles. The molecule has 1 rings (SSSR count). The predicted octanol–water partition coefficient (Wildman–Crippen LogP) is 1.76. The number of aliphatic hydroxyl groups excluding tert-OH is 1. The first-order chi connectivity index (χ1) is 9.11. The zero-order valence-electron chi connectivity index (χ0n) is 11.7. The third-order valence-electron chi connectivity index (χ3n) is 2.74. The quantitative estimate of drug-likeness (QED) is 0.753. The van der Waals surface area contributed by atoms with Crippen LogP contribution in [0, 0.1) is 5.92 Å². The third-order valence-corrected chi connectivity index (χ3v) is 2.74. The molecule has 0 unspecified atom stereocenters. The van der Waals surface area contributed by atoms with E-state index in [0.29, 0.717) is 24.6 Å². The van der Waals surface area contributed by atoms with E-state index in [-0.39, 0.29) is 19.1 Å². The molecular formula is C15H23NO3. The van der Waals surface area contributed by atoms with Crippen LogP contribution in [0.15, 0.2) is 24.3 Å². The van der Waals surface area contributed by atoms with Crippen LogP contribution in [0.2, 0.25) is 0 Å². The molecule has 0 atom stereocenters. The number of hydrogen-bond acceptors (Lipinski definition) is 3. The Morgan fingerprint density at radius 1 is 1.32 bits per heavy atom. The van der Waals surface area contributed by atoms with Crippen LogP contribution < -0.4 is 10.1 Å². The van der Waals surface area contributed by atoms with Crippen LogP contribution >= 0.6 is 0 Å². The van der Waals surface area contributed by atoms with Gasteiger partial charge in [0, 0.05) is 13.2 Å². The van der Waals surface area contributed by atoms with Gasteiger partial charge in [-0.25, -0.2) is 0 Å². The molecule has 4 heteroatoms. The van der Waals surface area contributed by atoms with Crippen molar-refractivity contribution >= 4 is 5.91 Å². The zero-order valence-corrected chi connectivity index (χ0v) is 11.7. The van der Waals surface area contributed by atoms with E-state index in [1.165, 1.54) is 0 Å². The van der Waals surface area contributed by atoms with E-state index in [4.69, 9.17) is 9.84 Å². The Hall–Kier alpha value is -1.55. The number of carbonyl (C=O) groups is 1. The van der Waals surface area contributed by atoms with Gasteiger partial charge in [-0.3, -0.25) is 4.79 Å². The van der Waals surface area contributed by atoms with Crippen molar-refractivity contribution in [1.29, 1.82) is 0 Å². The maximum atomic E-state index is 11.5. The summed E-state index contributed by atoms with van der Waals surface area (Å²) >= 11 is 0. The van der Waals surface area contributed by atoms with Crippen LogP contribution in [0.25, 0.3) is 0 Å². The van der Waals surface area contributed by atoms with Gasteiger partial charge >= 0.3 is 0 Å². The molecule has 0 saturated carbocycles. The first kappa shape index (κ1) is 15.5. The first-order valence-electron chi connectivity index (χ1n) is 6.71. The SMILES string of the molecule is CC(C)CCNC(=O)COc1ccc(CCO)cc1.